The van der Waals surface area contributed by atoms with Gasteiger partial charge in [-0.2, -0.15) is 4.39 Å². The summed E-state index contributed by atoms with van der Waals surface area (Å²) in [5, 5.41) is 109. The molecule has 1 aliphatic rings. The number of aliphatic carboxylic acids is 9. The molecule has 0 aliphatic carbocycles. The van der Waals surface area contributed by atoms with Crippen LogP contribution in [0.5, 0.6) is 0 Å². The minimum Gasteiger partial charge on any atom is -0.481 e. The fraction of sp³-hybridized carbons (Fsp3) is 0.646. The third-order valence-corrected chi connectivity index (χ3v) is 16.4. The van der Waals surface area contributed by atoms with Gasteiger partial charge in [0, 0.05) is 123 Å². The molecule has 0 aromatic carbocycles. The molecule has 2 heterocycles. The van der Waals surface area contributed by atoms with Crippen molar-refractivity contribution in [1.82, 2.24) is 77.8 Å². The average Bonchev–Trinajstić information content (AvgIpc) is 0.876. The number of unbranched alkanes of at least 4 members (excludes halogenated alkanes) is 4. The largest absolute Gasteiger partial charge is 0.481 e. The highest BCUT2D eigenvalue weighted by Gasteiger charge is 2.32. The number of carboxylic acids is 9. The van der Waals surface area contributed by atoms with Crippen LogP contribution in [0.25, 0.3) is 0 Å². The van der Waals surface area contributed by atoms with E-state index < -0.39 is 201 Å². The second kappa shape index (κ2) is 52.2. The highest BCUT2D eigenvalue weighted by Crippen LogP contribution is 2.12. The highest BCUT2D eigenvalue weighted by atomic mass is 19.1. The Hall–Kier alpha value is -10.8. The van der Waals surface area contributed by atoms with Gasteiger partial charge in [0.25, 0.3) is 5.91 Å². The third kappa shape index (κ3) is 43.6. The van der Waals surface area contributed by atoms with Gasteiger partial charge in [0.15, 0.2) is 0 Å². The van der Waals surface area contributed by atoms with E-state index >= 15 is 0 Å². The SMILES string of the molecule is O=C(O)CCC(NC(=O)NC(CCCCNC(=O)CCCNC(=O)C(CCC(=O)O)NC(=O)C(CCC(=O)O)NC(=O)C(CCC(=O)O)NC(=O)CCCCCNC(=O)C(CCCCNC(=O)CN1CCN(CC(=O)O)CCN(CC(=O)O)CCN(CC(=O)O)CC1)NC(=O)c1ccc(F)nc1)C(=O)O)C(=O)O. The Morgan fingerprint density at radius 2 is 0.685 bits per heavy atom. The van der Waals surface area contributed by atoms with Crippen LogP contribution in [0.15, 0.2) is 18.3 Å². The molecule has 1 aromatic rings. The standard InChI is InChI=1S/C65H100FN15O27/c66-47-18-13-40(35-71-47)58(99)73-41(9-3-6-24-68-50(84)36-78-27-29-79(37-55(93)94)31-33-81(39-57(97)98)34-32-80(30-28-78)38-56(95)96)59(100)69-25-5-1-2-11-49(83)72-43(15-20-52(87)88)61(102)75-44(16-21-53(89)90)62(103)74-42(14-19-51(85)86)60(101)70-26-8-12-48(82)67-23-7-4-10-45(63(104)105)76-65(108)77-46(64(106)107)17-22-54(91)92/h13,18,35,41-46H,1-12,14-17,19-34,36-39H2,(H,67,82)(H,68,84)(H,69,100)(H,70,101)(H,72,83)(H,73,99)(H,74,103)(H,75,102)(H,85,86)(H,87,88)(H,89,90)(H,91,92)(H,93,94)(H,95,96)(H,97,98)(H,104,105)(H,106,107)(H2,76,77,108). The Labute approximate surface area is 618 Å². The van der Waals surface area contributed by atoms with Crippen molar-refractivity contribution in [1.29, 1.82) is 0 Å². The number of urea groups is 1. The topological polar surface area (TPSA) is 635 Å². The fourth-order valence-corrected chi connectivity index (χ4v) is 10.6. The summed E-state index contributed by atoms with van der Waals surface area (Å²) in [4.78, 5) is 233. The van der Waals surface area contributed by atoms with Gasteiger partial charge in [-0.05, 0) is 95.6 Å². The number of carboxylic acid groups (broad SMARTS) is 9. The number of nitrogens with zero attached hydrogens (tertiary/aromatic N) is 5. The molecular formula is C65H100FN15O27. The summed E-state index contributed by atoms with van der Waals surface area (Å²) < 4.78 is 13.6. The number of carbonyl (C=O) groups excluding carboxylic acids is 9. The zero-order valence-corrected chi connectivity index (χ0v) is 59.6. The van der Waals surface area contributed by atoms with Crippen LogP contribution in [-0.4, -0.2) is 319 Å². The molecule has 43 heteroatoms. The molecule has 2 rings (SSSR count). The number of nitrogens with one attached hydrogen (secondary N) is 10. The Balaban J connectivity index is 2.01. The Morgan fingerprint density at radius 3 is 1.10 bits per heavy atom. The number of rotatable bonds is 53. The number of halogens is 1. The molecule has 1 aromatic heterocycles. The quantitative estimate of drug-likeness (QED) is 0.0219. The van der Waals surface area contributed by atoms with E-state index in [0.29, 0.717) is 6.42 Å². The first-order chi connectivity index (χ1) is 51.1. The zero-order chi connectivity index (χ0) is 80.7. The van der Waals surface area contributed by atoms with Crippen molar-refractivity contribution >= 4 is 107 Å². The van der Waals surface area contributed by atoms with Crippen molar-refractivity contribution in [3.8, 4) is 0 Å². The number of hydrogen-bond acceptors (Lipinski definition) is 23. The summed E-state index contributed by atoms with van der Waals surface area (Å²) in [5.74, 6) is -19.1. The molecule has 108 heavy (non-hydrogen) atoms. The van der Waals surface area contributed by atoms with Gasteiger partial charge in [0.1, 0.15) is 36.3 Å². The Kier molecular flexibility index (Phi) is 45.1. The van der Waals surface area contributed by atoms with E-state index in [2.05, 4.69) is 52.8 Å². The van der Waals surface area contributed by atoms with Gasteiger partial charge >= 0.3 is 59.8 Å². The van der Waals surface area contributed by atoms with Gasteiger partial charge in [-0.3, -0.25) is 91.5 Å². The van der Waals surface area contributed by atoms with Gasteiger partial charge < -0.3 is 99.1 Å². The summed E-state index contributed by atoms with van der Waals surface area (Å²) in [7, 11) is 0. The zero-order valence-electron chi connectivity index (χ0n) is 59.6. The van der Waals surface area contributed by atoms with E-state index in [9.17, 15) is 132 Å². The van der Waals surface area contributed by atoms with E-state index in [1.807, 2.05) is 5.32 Å². The van der Waals surface area contributed by atoms with E-state index in [0.717, 1.165) is 18.3 Å². The first-order valence-electron chi connectivity index (χ1n) is 35.0. The summed E-state index contributed by atoms with van der Waals surface area (Å²) in [5.41, 5.74) is -0.0638. The Morgan fingerprint density at radius 1 is 0.333 bits per heavy atom. The van der Waals surface area contributed by atoms with Crippen LogP contribution in [-0.2, 0) is 76.7 Å². The number of hydrogen-bond donors (Lipinski definition) is 19. The van der Waals surface area contributed by atoms with E-state index in [1.165, 1.54) is 0 Å². The fourth-order valence-electron chi connectivity index (χ4n) is 10.6. The van der Waals surface area contributed by atoms with Crippen LogP contribution in [0.2, 0.25) is 0 Å². The summed E-state index contributed by atoms with van der Waals surface area (Å²) in [6.07, 6.45) is -2.79. The molecule has 10 amide bonds. The first kappa shape index (κ1) is 93.3. The maximum absolute atomic E-state index is 13.8. The second-order valence-corrected chi connectivity index (χ2v) is 25.2. The van der Waals surface area contributed by atoms with Crippen LogP contribution in [0.3, 0.4) is 0 Å². The third-order valence-electron chi connectivity index (χ3n) is 16.4. The molecule has 6 unspecified atom stereocenters. The molecule has 42 nitrogen and oxygen atoms in total. The Bertz CT molecular complexity index is 3180. The minimum absolute atomic E-state index is 0.00367. The van der Waals surface area contributed by atoms with Crippen molar-refractivity contribution in [3.63, 3.8) is 0 Å². The lowest BCUT2D eigenvalue weighted by Crippen LogP contribution is -2.57. The molecule has 19 N–H and O–H groups in total. The predicted molar refractivity (Wildman–Crippen MR) is 369 cm³/mol. The first-order valence-corrected chi connectivity index (χ1v) is 35.0. The van der Waals surface area contributed by atoms with Crippen molar-refractivity contribution in [2.24, 2.45) is 0 Å². The normalized spacial score (nSPS) is 14.8. The van der Waals surface area contributed by atoms with Gasteiger partial charge in [0.05, 0.1) is 31.7 Å². The van der Waals surface area contributed by atoms with Gasteiger partial charge in [0.2, 0.25) is 47.3 Å². The van der Waals surface area contributed by atoms with E-state index in [4.69, 9.17) is 5.11 Å². The van der Waals surface area contributed by atoms with E-state index in [1.54, 1.807) is 19.6 Å². The van der Waals surface area contributed by atoms with Gasteiger partial charge in [-0.15, -0.1) is 0 Å². The monoisotopic (exact) mass is 1540 g/mol. The number of pyridine rings is 1. The molecule has 1 aliphatic heterocycles. The van der Waals surface area contributed by atoms with Crippen molar-refractivity contribution in [2.75, 3.05) is 105 Å². The van der Waals surface area contributed by atoms with Crippen LogP contribution >= 0.6 is 0 Å². The average molecular weight is 1540 g/mol. The summed E-state index contributed by atoms with van der Waals surface area (Å²) in [6.45, 7) is 0.249. The lowest BCUT2D eigenvalue weighted by atomic mass is 10.1. The van der Waals surface area contributed by atoms with Gasteiger partial charge in [-0.25, -0.2) is 19.4 Å². The molecule has 0 saturated carbocycles. The molecule has 1 fully saturated rings. The highest BCUT2D eigenvalue weighted by molar-refractivity contribution is 5.98. The molecule has 0 bridgehead atoms. The number of aromatic nitrogens is 1. The van der Waals surface area contributed by atoms with Crippen molar-refractivity contribution in [2.45, 2.75) is 165 Å². The predicted octanol–water partition coefficient (Wildman–Crippen LogP) is -3.94. The second-order valence-electron chi connectivity index (χ2n) is 25.2. The molecule has 0 spiro atoms. The van der Waals surface area contributed by atoms with Crippen LogP contribution in [0.1, 0.15) is 139 Å². The van der Waals surface area contributed by atoms with Crippen molar-refractivity contribution in [3.05, 3.63) is 29.8 Å². The molecule has 0 radical (unpaired) electrons. The summed E-state index contributed by atoms with van der Waals surface area (Å²) in [6, 6.07) is -8.31. The maximum atomic E-state index is 13.8. The van der Waals surface area contributed by atoms with Crippen molar-refractivity contribution < 1.29 is 137 Å². The molecule has 6 atom stereocenters. The van der Waals surface area contributed by atoms with E-state index in [-0.39, 0.29) is 181 Å². The number of amides is 10. The molecule has 1 saturated heterocycles. The smallest absolute Gasteiger partial charge is 0.326 e. The van der Waals surface area contributed by atoms with Crippen LogP contribution < -0.4 is 53.2 Å². The lowest BCUT2D eigenvalue weighted by molar-refractivity contribution is -0.141. The number of carbonyl (C=O) groups is 18. The van der Waals surface area contributed by atoms with Gasteiger partial charge in [-0.1, -0.05) is 6.42 Å². The van der Waals surface area contributed by atoms with Crippen LogP contribution in [0.4, 0.5) is 9.18 Å². The molecular weight excluding hydrogens is 1440 g/mol. The lowest BCUT2D eigenvalue weighted by Gasteiger charge is -2.32. The maximum Gasteiger partial charge on any atom is 0.326 e. The minimum atomic E-state index is -1.76. The summed E-state index contributed by atoms with van der Waals surface area (Å²) >= 11 is 0. The van der Waals surface area contributed by atoms with Crippen LogP contribution in [0, 0.1) is 5.95 Å². The molecule has 604 valence electrons.